The molecule has 1 heterocycles. The molecule has 4 heteroatoms. The van der Waals surface area contributed by atoms with Gasteiger partial charge in [-0.25, -0.2) is 0 Å². The summed E-state index contributed by atoms with van der Waals surface area (Å²) in [6.45, 7) is 0.899. The summed E-state index contributed by atoms with van der Waals surface area (Å²) >= 11 is 3.56. The van der Waals surface area contributed by atoms with Gasteiger partial charge in [0.05, 0.1) is 5.69 Å². The molecule has 2 aliphatic rings. The van der Waals surface area contributed by atoms with E-state index in [4.69, 9.17) is 0 Å². The molecule has 1 aromatic heterocycles. The van der Waals surface area contributed by atoms with Crippen LogP contribution in [0.15, 0.2) is 28.7 Å². The van der Waals surface area contributed by atoms with E-state index in [0.29, 0.717) is 6.04 Å². The highest BCUT2D eigenvalue weighted by molar-refractivity contribution is 9.10. The average Bonchev–Trinajstić information content (AvgIpc) is 3.24. The Hall–Kier alpha value is -1.13. The van der Waals surface area contributed by atoms with Gasteiger partial charge in [-0.2, -0.15) is 5.10 Å². The number of benzene rings is 1. The van der Waals surface area contributed by atoms with Gasteiger partial charge in [0, 0.05) is 28.7 Å². The summed E-state index contributed by atoms with van der Waals surface area (Å²) in [6.07, 6.45) is 6.14. The van der Waals surface area contributed by atoms with Crippen molar-refractivity contribution in [1.29, 1.82) is 0 Å². The molecule has 1 saturated carbocycles. The first-order valence-electron chi connectivity index (χ1n) is 7.83. The van der Waals surface area contributed by atoms with E-state index in [2.05, 4.69) is 55.7 Å². The summed E-state index contributed by atoms with van der Waals surface area (Å²) in [5.41, 5.74) is 5.47. The quantitative estimate of drug-likeness (QED) is 0.886. The summed E-state index contributed by atoms with van der Waals surface area (Å²) in [6, 6.07) is 9.49. The SMILES string of the molecule is Brc1ccc2c(c1)CCC(NCc1cc(C3CC3)n[nH]1)C2. The first kappa shape index (κ1) is 13.5. The minimum absolute atomic E-state index is 0.575. The van der Waals surface area contributed by atoms with Gasteiger partial charge in [-0.1, -0.05) is 22.0 Å². The maximum absolute atomic E-state index is 4.42. The topological polar surface area (TPSA) is 40.7 Å². The lowest BCUT2D eigenvalue weighted by molar-refractivity contribution is 0.454. The third-order valence-electron chi connectivity index (χ3n) is 4.62. The van der Waals surface area contributed by atoms with E-state index in [1.54, 1.807) is 0 Å². The van der Waals surface area contributed by atoms with Crippen molar-refractivity contribution in [3.63, 3.8) is 0 Å². The highest BCUT2D eigenvalue weighted by Crippen LogP contribution is 2.39. The fraction of sp³-hybridized carbons (Fsp3) is 0.471. The molecule has 21 heavy (non-hydrogen) atoms. The van der Waals surface area contributed by atoms with Crippen LogP contribution in [0.25, 0.3) is 0 Å². The molecule has 0 spiro atoms. The zero-order valence-electron chi connectivity index (χ0n) is 12.0. The molecule has 4 rings (SSSR count). The Labute approximate surface area is 133 Å². The number of H-pyrrole nitrogens is 1. The number of aromatic nitrogens is 2. The Bertz CT molecular complexity index is 645. The van der Waals surface area contributed by atoms with Crippen molar-refractivity contribution in [3.05, 3.63) is 51.3 Å². The van der Waals surface area contributed by atoms with Crippen molar-refractivity contribution in [1.82, 2.24) is 15.5 Å². The Morgan fingerprint density at radius 1 is 1.19 bits per heavy atom. The molecule has 2 aliphatic carbocycles. The summed E-state index contributed by atoms with van der Waals surface area (Å²) in [4.78, 5) is 0. The van der Waals surface area contributed by atoms with Crippen molar-refractivity contribution in [2.75, 3.05) is 0 Å². The maximum Gasteiger partial charge on any atom is 0.0656 e. The third kappa shape index (κ3) is 3.06. The fourth-order valence-electron chi connectivity index (χ4n) is 3.21. The number of rotatable bonds is 4. The van der Waals surface area contributed by atoms with Crippen LogP contribution in [0.5, 0.6) is 0 Å². The Morgan fingerprint density at radius 2 is 2.10 bits per heavy atom. The number of aryl methyl sites for hydroxylation is 1. The normalized spacial score (nSPS) is 21.3. The van der Waals surface area contributed by atoms with Crippen LogP contribution in [-0.4, -0.2) is 16.2 Å². The second-order valence-electron chi connectivity index (χ2n) is 6.33. The molecular formula is C17H20BrN3. The van der Waals surface area contributed by atoms with E-state index in [9.17, 15) is 0 Å². The van der Waals surface area contributed by atoms with Gasteiger partial charge in [0.2, 0.25) is 0 Å². The number of hydrogen-bond acceptors (Lipinski definition) is 2. The Kier molecular flexibility index (Phi) is 3.59. The zero-order valence-corrected chi connectivity index (χ0v) is 13.6. The molecule has 0 aliphatic heterocycles. The standard InChI is InChI=1S/C17H20BrN3/c18-14-5-3-13-8-15(6-4-12(13)7-14)19-10-16-9-17(21-20-16)11-1-2-11/h3,5,7,9,11,15,19H,1-2,4,6,8,10H2,(H,20,21). The fourth-order valence-corrected chi connectivity index (χ4v) is 3.62. The molecule has 2 N–H and O–H groups in total. The number of halogens is 1. The lowest BCUT2D eigenvalue weighted by atomic mass is 9.88. The molecule has 1 atom stereocenters. The van der Waals surface area contributed by atoms with Gasteiger partial charge in [-0.3, -0.25) is 5.10 Å². The number of nitrogens with zero attached hydrogens (tertiary/aromatic N) is 1. The van der Waals surface area contributed by atoms with Crippen molar-refractivity contribution in [2.45, 2.75) is 50.6 Å². The number of nitrogens with one attached hydrogen (secondary N) is 2. The second kappa shape index (κ2) is 5.58. The molecule has 1 fully saturated rings. The molecule has 2 aromatic rings. The van der Waals surface area contributed by atoms with E-state index >= 15 is 0 Å². The first-order valence-corrected chi connectivity index (χ1v) is 8.62. The third-order valence-corrected chi connectivity index (χ3v) is 5.12. The van der Waals surface area contributed by atoms with Crippen molar-refractivity contribution in [2.24, 2.45) is 0 Å². The lowest BCUT2D eigenvalue weighted by Crippen LogP contribution is -2.34. The van der Waals surface area contributed by atoms with Gasteiger partial charge in [0.15, 0.2) is 0 Å². The van der Waals surface area contributed by atoms with Crippen LogP contribution in [0.3, 0.4) is 0 Å². The van der Waals surface area contributed by atoms with Gasteiger partial charge in [0.1, 0.15) is 0 Å². The maximum atomic E-state index is 4.42. The molecule has 0 radical (unpaired) electrons. The van der Waals surface area contributed by atoms with Crippen LogP contribution in [-0.2, 0) is 19.4 Å². The minimum atomic E-state index is 0.575. The summed E-state index contributed by atoms with van der Waals surface area (Å²) < 4.78 is 1.19. The smallest absolute Gasteiger partial charge is 0.0656 e. The van der Waals surface area contributed by atoms with Gasteiger partial charge in [-0.05, 0) is 61.4 Å². The van der Waals surface area contributed by atoms with E-state index in [1.807, 2.05) is 0 Å². The predicted molar refractivity (Wildman–Crippen MR) is 87.4 cm³/mol. The molecule has 0 bridgehead atoms. The summed E-state index contributed by atoms with van der Waals surface area (Å²) in [7, 11) is 0. The largest absolute Gasteiger partial charge is 0.308 e. The zero-order chi connectivity index (χ0) is 14.2. The highest BCUT2D eigenvalue weighted by Gasteiger charge is 2.26. The molecule has 0 amide bonds. The van der Waals surface area contributed by atoms with Crippen LogP contribution in [0, 0.1) is 0 Å². The Morgan fingerprint density at radius 3 is 2.95 bits per heavy atom. The van der Waals surface area contributed by atoms with Gasteiger partial charge < -0.3 is 5.32 Å². The van der Waals surface area contributed by atoms with E-state index < -0.39 is 0 Å². The molecule has 0 saturated heterocycles. The van der Waals surface area contributed by atoms with Crippen molar-refractivity contribution >= 4 is 15.9 Å². The van der Waals surface area contributed by atoms with Crippen LogP contribution >= 0.6 is 15.9 Å². The van der Waals surface area contributed by atoms with Crippen molar-refractivity contribution < 1.29 is 0 Å². The molecule has 3 nitrogen and oxygen atoms in total. The van der Waals surface area contributed by atoms with E-state index in [-0.39, 0.29) is 0 Å². The molecule has 1 unspecified atom stereocenters. The summed E-state index contributed by atoms with van der Waals surface area (Å²) in [5, 5.41) is 11.3. The van der Waals surface area contributed by atoms with Crippen LogP contribution in [0.1, 0.15) is 47.7 Å². The molecular weight excluding hydrogens is 326 g/mol. The van der Waals surface area contributed by atoms with Crippen LogP contribution in [0.4, 0.5) is 0 Å². The molecule has 1 aromatic carbocycles. The van der Waals surface area contributed by atoms with Gasteiger partial charge in [-0.15, -0.1) is 0 Å². The Balaban J connectivity index is 1.36. The van der Waals surface area contributed by atoms with Crippen molar-refractivity contribution in [3.8, 4) is 0 Å². The van der Waals surface area contributed by atoms with Gasteiger partial charge in [0.25, 0.3) is 0 Å². The number of hydrogen-bond donors (Lipinski definition) is 2. The molecule has 110 valence electrons. The minimum Gasteiger partial charge on any atom is -0.308 e. The van der Waals surface area contributed by atoms with Crippen LogP contribution < -0.4 is 5.32 Å². The highest BCUT2D eigenvalue weighted by atomic mass is 79.9. The lowest BCUT2D eigenvalue weighted by Gasteiger charge is -2.25. The van der Waals surface area contributed by atoms with E-state index in [0.717, 1.165) is 18.9 Å². The monoisotopic (exact) mass is 345 g/mol. The van der Waals surface area contributed by atoms with E-state index in [1.165, 1.54) is 52.7 Å². The first-order chi connectivity index (χ1) is 10.3. The second-order valence-corrected chi connectivity index (χ2v) is 7.24. The number of fused-ring (bicyclic) bond motifs is 1. The predicted octanol–water partition coefficient (Wildman–Crippen LogP) is 3.70. The van der Waals surface area contributed by atoms with Crippen LogP contribution in [0.2, 0.25) is 0 Å². The van der Waals surface area contributed by atoms with Gasteiger partial charge >= 0.3 is 0 Å². The number of aromatic amines is 1. The average molecular weight is 346 g/mol. The summed E-state index contributed by atoms with van der Waals surface area (Å²) in [5.74, 6) is 0.731.